The van der Waals surface area contributed by atoms with Crippen molar-refractivity contribution in [3.05, 3.63) is 18.3 Å². The van der Waals surface area contributed by atoms with Gasteiger partial charge in [-0.1, -0.05) is 0 Å². The minimum atomic E-state index is -0.800. The van der Waals surface area contributed by atoms with Gasteiger partial charge in [-0.25, -0.2) is 4.79 Å². The van der Waals surface area contributed by atoms with E-state index in [0.29, 0.717) is 19.1 Å². The molecule has 8 heteroatoms. The Hall–Kier alpha value is -2.22. The second-order valence-electron chi connectivity index (χ2n) is 6.79. The van der Waals surface area contributed by atoms with Crippen LogP contribution in [-0.2, 0) is 4.79 Å². The molecule has 3 rings (SSSR count). The van der Waals surface area contributed by atoms with E-state index in [2.05, 4.69) is 25.7 Å². The molecule has 0 saturated carbocycles. The van der Waals surface area contributed by atoms with Crippen LogP contribution in [0, 0.1) is 0 Å². The number of nitrogens with zero attached hydrogens (tertiary/aromatic N) is 4. The van der Waals surface area contributed by atoms with Crippen molar-refractivity contribution in [1.82, 2.24) is 25.7 Å². The van der Waals surface area contributed by atoms with E-state index >= 15 is 0 Å². The molecule has 130 valence electrons. The highest BCUT2D eigenvalue weighted by Gasteiger charge is 2.43. The van der Waals surface area contributed by atoms with Gasteiger partial charge in [0.15, 0.2) is 5.82 Å². The van der Waals surface area contributed by atoms with E-state index in [4.69, 9.17) is 0 Å². The predicted octanol–water partition coefficient (Wildman–Crippen LogP) is 0.365. The van der Waals surface area contributed by atoms with E-state index < -0.39 is 5.54 Å². The summed E-state index contributed by atoms with van der Waals surface area (Å²) in [5, 5.41) is 14.2. The summed E-state index contributed by atoms with van der Waals surface area (Å²) < 4.78 is 0. The lowest BCUT2D eigenvalue weighted by Gasteiger charge is -2.25. The molecular weight excluding hydrogens is 308 g/mol. The second-order valence-corrected chi connectivity index (χ2v) is 6.79. The van der Waals surface area contributed by atoms with Crippen LogP contribution in [0.25, 0.3) is 0 Å². The van der Waals surface area contributed by atoms with E-state index in [1.165, 1.54) is 4.90 Å². The normalized spacial score (nSPS) is 23.0. The molecule has 3 heterocycles. The Morgan fingerprint density at radius 1 is 1.42 bits per heavy atom. The minimum absolute atomic E-state index is 0.170. The lowest BCUT2D eigenvalue weighted by molar-refractivity contribution is -0.130. The number of nitrogens with one attached hydrogen (secondary N) is 2. The monoisotopic (exact) mass is 332 g/mol. The molecule has 3 amide bonds. The summed E-state index contributed by atoms with van der Waals surface area (Å²) in [5.74, 6) is 0.731. The summed E-state index contributed by atoms with van der Waals surface area (Å²) in [6.07, 6.45) is 3.90. The van der Waals surface area contributed by atoms with Gasteiger partial charge >= 0.3 is 6.03 Å². The first kappa shape index (κ1) is 16.6. The SMILES string of the molecule is CC1(C)NC(=O)N(CCNC[C@H]2CCCN2c2cccnn2)C1=O. The zero-order valence-corrected chi connectivity index (χ0v) is 14.2. The van der Waals surface area contributed by atoms with Crippen LogP contribution in [0.1, 0.15) is 26.7 Å². The van der Waals surface area contributed by atoms with Gasteiger partial charge in [0.25, 0.3) is 5.91 Å². The molecule has 0 spiro atoms. The summed E-state index contributed by atoms with van der Waals surface area (Å²) in [5.41, 5.74) is -0.800. The number of urea groups is 1. The van der Waals surface area contributed by atoms with Gasteiger partial charge in [0.05, 0.1) is 0 Å². The molecule has 2 N–H and O–H groups in total. The average Bonchev–Trinajstić information content (AvgIpc) is 3.09. The number of carbonyl (C=O) groups is 2. The molecule has 1 aromatic heterocycles. The Labute approximate surface area is 141 Å². The topological polar surface area (TPSA) is 90.5 Å². The first-order chi connectivity index (χ1) is 11.5. The van der Waals surface area contributed by atoms with Gasteiger partial charge in [-0.2, -0.15) is 5.10 Å². The number of anilines is 1. The van der Waals surface area contributed by atoms with Crippen molar-refractivity contribution < 1.29 is 9.59 Å². The van der Waals surface area contributed by atoms with Crippen LogP contribution < -0.4 is 15.5 Å². The lowest BCUT2D eigenvalue weighted by Crippen LogP contribution is -2.43. The zero-order chi connectivity index (χ0) is 17.2. The molecule has 1 atom stereocenters. The van der Waals surface area contributed by atoms with Gasteiger partial charge in [0.1, 0.15) is 5.54 Å². The second kappa shape index (κ2) is 6.72. The summed E-state index contributed by atoms with van der Waals surface area (Å²) in [6.45, 7) is 6.18. The highest BCUT2D eigenvalue weighted by Crippen LogP contribution is 2.22. The molecule has 0 unspecified atom stereocenters. The number of carbonyl (C=O) groups excluding carboxylic acids is 2. The summed E-state index contributed by atoms with van der Waals surface area (Å²) in [6, 6.07) is 3.92. The van der Waals surface area contributed by atoms with Crippen molar-refractivity contribution in [2.24, 2.45) is 0 Å². The Morgan fingerprint density at radius 3 is 2.92 bits per heavy atom. The summed E-state index contributed by atoms with van der Waals surface area (Å²) in [7, 11) is 0. The van der Waals surface area contributed by atoms with Gasteiger partial charge in [-0.3, -0.25) is 9.69 Å². The molecule has 24 heavy (non-hydrogen) atoms. The van der Waals surface area contributed by atoms with E-state index in [9.17, 15) is 9.59 Å². The van der Waals surface area contributed by atoms with Crippen molar-refractivity contribution in [2.75, 3.05) is 31.1 Å². The summed E-state index contributed by atoms with van der Waals surface area (Å²) in [4.78, 5) is 27.5. The van der Waals surface area contributed by atoms with E-state index in [0.717, 1.165) is 31.7 Å². The number of rotatable bonds is 6. The maximum Gasteiger partial charge on any atom is 0.325 e. The molecule has 0 radical (unpaired) electrons. The van der Waals surface area contributed by atoms with Crippen LogP contribution in [0.15, 0.2) is 18.3 Å². The molecule has 2 aliphatic heterocycles. The fraction of sp³-hybridized carbons (Fsp3) is 0.625. The van der Waals surface area contributed by atoms with Crippen molar-refractivity contribution in [3.8, 4) is 0 Å². The maximum absolute atomic E-state index is 12.1. The molecule has 2 fully saturated rings. The van der Waals surface area contributed by atoms with Crippen molar-refractivity contribution in [1.29, 1.82) is 0 Å². The van der Waals surface area contributed by atoms with Crippen LogP contribution in [-0.4, -0.2) is 64.8 Å². The Balaban J connectivity index is 1.47. The third-order valence-corrected chi connectivity index (χ3v) is 4.57. The molecule has 1 aromatic rings. The molecular formula is C16H24N6O2. The quantitative estimate of drug-likeness (QED) is 0.578. The smallest absolute Gasteiger partial charge is 0.325 e. The largest absolute Gasteiger partial charge is 0.351 e. The Morgan fingerprint density at radius 2 is 2.25 bits per heavy atom. The highest BCUT2D eigenvalue weighted by molar-refractivity contribution is 6.06. The minimum Gasteiger partial charge on any atom is -0.351 e. The number of aromatic nitrogens is 2. The molecule has 0 aliphatic carbocycles. The maximum atomic E-state index is 12.1. The number of hydrogen-bond acceptors (Lipinski definition) is 6. The van der Waals surface area contributed by atoms with Crippen molar-refractivity contribution in [3.63, 3.8) is 0 Å². The lowest BCUT2D eigenvalue weighted by atomic mass is 10.1. The third-order valence-electron chi connectivity index (χ3n) is 4.57. The van der Waals surface area contributed by atoms with Gasteiger partial charge in [0.2, 0.25) is 0 Å². The van der Waals surface area contributed by atoms with Crippen molar-refractivity contribution in [2.45, 2.75) is 38.3 Å². The van der Waals surface area contributed by atoms with Crippen LogP contribution in [0.5, 0.6) is 0 Å². The molecule has 0 aromatic carbocycles. The number of imide groups is 1. The standard InChI is InChI=1S/C16H24N6O2/c1-16(2)14(23)22(15(24)19-16)10-8-17-11-12-5-4-9-21(12)13-6-3-7-18-20-13/h3,6-7,12,17H,4-5,8-11H2,1-2H3,(H,19,24)/t12-/m1/s1. The Bertz CT molecular complexity index is 606. The van der Waals surface area contributed by atoms with E-state index in [-0.39, 0.29) is 11.9 Å². The summed E-state index contributed by atoms with van der Waals surface area (Å²) >= 11 is 0. The van der Waals surface area contributed by atoms with Crippen LogP contribution in [0.2, 0.25) is 0 Å². The van der Waals surface area contributed by atoms with Crippen LogP contribution >= 0.6 is 0 Å². The average molecular weight is 332 g/mol. The number of hydrogen-bond donors (Lipinski definition) is 2. The van der Waals surface area contributed by atoms with Crippen LogP contribution in [0.4, 0.5) is 10.6 Å². The zero-order valence-electron chi connectivity index (χ0n) is 14.2. The fourth-order valence-corrected chi connectivity index (χ4v) is 3.28. The van der Waals surface area contributed by atoms with Gasteiger partial charge in [-0.15, -0.1) is 5.10 Å². The van der Waals surface area contributed by atoms with E-state index in [1.807, 2.05) is 12.1 Å². The highest BCUT2D eigenvalue weighted by atomic mass is 16.2. The van der Waals surface area contributed by atoms with Gasteiger partial charge < -0.3 is 15.5 Å². The fourth-order valence-electron chi connectivity index (χ4n) is 3.28. The molecule has 2 saturated heterocycles. The molecule has 2 aliphatic rings. The third kappa shape index (κ3) is 3.33. The van der Waals surface area contributed by atoms with Gasteiger partial charge in [0, 0.05) is 38.4 Å². The first-order valence-electron chi connectivity index (χ1n) is 8.38. The molecule has 8 nitrogen and oxygen atoms in total. The Kier molecular flexibility index (Phi) is 4.66. The van der Waals surface area contributed by atoms with Gasteiger partial charge in [-0.05, 0) is 38.8 Å². The van der Waals surface area contributed by atoms with Crippen molar-refractivity contribution >= 4 is 17.8 Å². The van der Waals surface area contributed by atoms with E-state index in [1.54, 1.807) is 20.0 Å². The molecule has 0 bridgehead atoms. The van der Waals surface area contributed by atoms with Crippen LogP contribution in [0.3, 0.4) is 0 Å². The first-order valence-corrected chi connectivity index (χ1v) is 8.38. The predicted molar refractivity (Wildman–Crippen MR) is 89.6 cm³/mol. The number of amides is 3.